The Balaban J connectivity index is 0.985. The second-order valence-electron chi connectivity index (χ2n) is 13.4. The molecule has 1 aliphatic rings. The summed E-state index contributed by atoms with van der Waals surface area (Å²) in [7, 11) is 0. The van der Waals surface area contributed by atoms with Crippen LogP contribution in [0, 0.1) is 0 Å². The van der Waals surface area contributed by atoms with Crippen LogP contribution in [0.15, 0.2) is 109 Å². The maximum absolute atomic E-state index is 13.3. The van der Waals surface area contributed by atoms with Crippen LogP contribution in [-0.2, 0) is 19.2 Å². The molecule has 0 aliphatic carbocycles. The molecule has 10 heteroatoms. The summed E-state index contributed by atoms with van der Waals surface area (Å²) in [5, 5.41) is 20.6. The number of rotatable bonds is 6. The maximum atomic E-state index is 13.3. The van der Waals surface area contributed by atoms with Crippen molar-refractivity contribution < 1.29 is 19.2 Å². The van der Waals surface area contributed by atoms with Crippen LogP contribution < -0.4 is 21.3 Å². The van der Waals surface area contributed by atoms with Crippen molar-refractivity contribution in [3.05, 3.63) is 109 Å². The van der Waals surface area contributed by atoms with Gasteiger partial charge in [0.05, 0.1) is 13.1 Å². The first-order valence-electron chi connectivity index (χ1n) is 17.8. The van der Waals surface area contributed by atoms with Crippen LogP contribution in [0.2, 0.25) is 0 Å². The minimum absolute atomic E-state index is 0.129. The molecule has 4 amide bonds. The number of hydrogen-bond donors (Lipinski definition) is 4. The molecule has 4 N–H and O–H groups in total. The highest BCUT2D eigenvalue weighted by molar-refractivity contribution is 6.02. The first-order chi connectivity index (χ1) is 25.3. The number of benzene rings is 6. The van der Waals surface area contributed by atoms with E-state index in [1.165, 1.54) is 10.8 Å². The van der Waals surface area contributed by atoms with Gasteiger partial charge in [0.15, 0.2) is 0 Å². The second kappa shape index (κ2) is 16.0. The standard InChI is InChI=1S/C42H42N6O4/c49-39-26-40(50)44-15-19-48(28-42(52)46-38-13-11-34-21-30-7-2-4-9-32(30)23-36(34)25-38)17-5-16-47(18-14-43-39)27-41(51)45-37-12-10-33-20-29-6-1-3-8-31(29)22-35(33)24-37/h1-4,6-13,20-25H,5,14-19,26-28H2,(H,43,49)(H,44,50)(H,45,51)(H,46,52). The third kappa shape index (κ3) is 8.90. The third-order valence-corrected chi connectivity index (χ3v) is 9.48. The highest BCUT2D eigenvalue weighted by Gasteiger charge is 2.17. The molecule has 0 atom stereocenters. The third-order valence-electron chi connectivity index (χ3n) is 9.48. The molecule has 0 saturated carbocycles. The predicted molar refractivity (Wildman–Crippen MR) is 208 cm³/mol. The Kier molecular flexibility index (Phi) is 10.7. The molecule has 0 aromatic heterocycles. The van der Waals surface area contributed by atoms with Gasteiger partial charge in [0.25, 0.3) is 0 Å². The lowest BCUT2D eigenvalue weighted by molar-refractivity contribution is -0.129. The van der Waals surface area contributed by atoms with E-state index in [0.29, 0.717) is 57.1 Å². The Hall–Kier alpha value is -5.84. The number of amides is 4. The first kappa shape index (κ1) is 34.6. The van der Waals surface area contributed by atoms with Gasteiger partial charge in [0.1, 0.15) is 6.42 Å². The highest BCUT2D eigenvalue weighted by atomic mass is 16.2. The Labute approximate surface area is 302 Å². The smallest absolute Gasteiger partial charge is 0.238 e. The zero-order valence-corrected chi connectivity index (χ0v) is 29.0. The van der Waals surface area contributed by atoms with Gasteiger partial charge in [-0.25, -0.2) is 0 Å². The van der Waals surface area contributed by atoms with E-state index in [1.54, 1.807) is 0 Å². The van der Waals surface area contributed by atoms with E-state index in [9.17, 15) is 19.2 Å². The molecule has 1 saturated heterocycles. The van der Waals surface area contributed by atoms with Crippen LogP contribution in [0.1, 0.15) is 12.8 Å². The Morgan fingerprint density at radius 2 is 0.885 bits per heavy atom. The van der Waals surface area contributed by atoms with Crippen molar-refractivity contribution in [2.75, 3.05) is 63.0 Å². The Bertz CT molecular complexity index is 2130. The van der Waals surface area contributed by atoms with E-state index in [4.69, 9.17) is 0 Å². The van der Waals surface area contributed by atoms with Crippen molar-refractivity contribution in [3.63, 3.8) is 0 Å². The van der Waals surface area contributed by atoms with E-state index in [0.717, 1.165) is 32.3 Å². The van der Waals surface area contributed by atoms with Gasteiger partial charge in [-0.2, -0.15) is 0 Å². The summed E-state index contributed by atoms with van der Waals surface area (Å²) in [6.07, 6.45) is 0.393. The van der Waals surface area contributed by atoms with Gasteiger partial charge >= 0.3 is 0 Å². The van der Waals surface area contributed by atoms with E-state index in [-0.39, 0.29) is 43.1 Å². The van der Waals surface area contributed by atoms with Gasteiger partial charge in [0.2, 0.25) is 23.6 Å². The second-order valence-corrected chi connectivity index (χ2v) is 13.4. The van der Waals surface area contributed by atoms with Crippen LogP contribution in [0.4, 0.5) is 11.4 Å². The van der Waals surface area contributed by atoms with Crippen molar-refractivity contribution in [1.82, 2.24) is 20.4 Å². The highest BCUT2D eigenvalue weighted by Crippen LogP contribution is 2.27. The fourth-order valence-corrected chi connectivity index (χ4v) is 6.88. The molecule has 1 aliphatic heterocycles. The Morgan fingerprint density at radius 1 is 0.500 bits per heavy atom. The summed E-state index contributed by atoms with van der Waals surface area (Å²) < 4.78 is 0. The molecule has 264 valence electrons. The quantitative estimate of drug-likeness (QED) is 0.135. The first-order valence-corrected chi connectivity index (χ1v) is 17.8. The number of fused-ring (bicyclic) bond motifs is 4. The molecule has 0 bridgehead atoms. The molecule has 6 aromatic carbocycles. The molecule has 0 unspecified atom stereocenters. The van der Waals surface area contributed by atoms with Gasteiger partial charge in [-0.1, -0.05) is 60.7 Å². The molecule has 10 nitrogen and oxygen atoms in total. The zero-order chi connectivity index (χ0) is 35.9. The van der Waals surface area contributed by atoms with Gasteiger partial charge in [-0.3, -0.25) is 29.0 Å². The molecular weight excluding hydrogens is 652 g/mol. The Morgan fingerprint density at radius 3 is 1.31 bits per heavy atom. The number of carbonyl (C=O) groups excluding carboxylic acids is 4. The van der Waals surface area contributed by atoms with Gasteiger partial charge in [-0.15, -0.1) is 0 Å². The van der Waals surface area contributed by atoms with E-state index in [1.807, 2.05) is 70.5 Å². The van der Waals surface area contributed by atoms with Crippen LogP contribution in [-0.4, -0.2) is 85.8 Å². The van der Waals surface area contributed by atoms with Crippen LogP contribution in [0.5, 0.6) is 0 Å². The molecule has 7 rings (SSSR count). The van der Waals surface area contributed by atoms with Gasteiger partial charge in [-0.05, 0) is 111 Å². The van der Waals surface area contributed by atoms with Crippen molar-refractivity contribution in [3.8, 4) is 0 Å². The van der Waals surface area contributed by atoms with Crippen molar-refractivity contribution in [2.45, 2.75) is 12.8 Å². The number of nitrogens with one attached hydrogen (secondary N) is 4. The number of hydrogen-bond acceptors (Lipinski definition) is 6. The summed E-state index contributed by atoms with van der Waals surface area (Å²) in [5.41, 5.74) is 1.43. The molecule has 0 radical (unpaired) electrons. The monoisotopic (exact) mass is 694 g/mol. The number of anilines is 2. The van der Waals surface area contributed by atoms with E-state index in [2.05, 4.69) is 69.8 Å². The summed E-state index contributed by atoms with van der Waals surface area (Å²) >= 11 is 0. The predicted octanol–water partition coefficient (Wildman–Crippen LogP) is 5.51. The lowest BCUT2D eigenvalue weighted by atomic mass is 10.0. The van der Waals surface area contributed by atoms with Crippen molar-refractivity contribution in [2.24, 2.45) is 0 Å². The largest absolute Gasteiger partial charge is 0.354 e. The van der Waals surface area contributed by atoms with Gasteiger partial charge in [0, 0.05) is 37.6 Å². The lowest BCUT2D eigenvalue weighted by Gasteiger charge is -2.26. The molecule has 1 fully saturated rings. The molecular formula is C42H42N6O4. The topological polar surface area (TPSA) is 123 Å². The minimum atomic E-state index is -0.373. The normalized spacial score (nSPS) is 15.6. The maximum Gasteiger partial charge on any atom is 0.238 e. The lowest BCUT2D eigenvalue weighted by Crippen LogP contribution is -2.44. The van der Waals surface area contributed by atoms with Gasteiger partial charge < -0.3 is 21.3 Å². The zero-order valence-electron chi connectivity index (χ0n) is 29.0. The summed E-state index contributed by atoms with van der Waals surface area (Å²) in [6.45, 7) is 2.89. The molecule has 52 heavy (non-hydrogen) atoms. The summed E-state index contributed by atoms with van der Waals surface area (Å²) in [6, 6.07) is 36.7. The fraction of sp³-hybridized carbons (Fsp3) is 0.238. The minimum Gasteiger partial charge on any atom is -0.354 e. The van der Waals surface area contributed by atoms with E-state index < -0.39 is 0 Å². The van der Waals surface area contributed by atoms with Crippen molar-refractivity contribution >= 4 is 78.1 Å². The summed E-state index contributed by atoms with van der Waals surface area (Å²) in [5.74, 6) is -1.07. The molecule has 0 spiro atoms. The van der Waals surface area contributed by atoms with Crippen LogP contribution in [0.3, 0.4) is 0 Å². The van der Waals surface area contributed by atoms with Crippen LogP contribution >= 0.6 is 0 Å². The van der Waals surface area contributed by atoms with Crippen molar-refractivity contribution in [1.29, 1.82) is 0 Å². The molecule has 1 heterocycles. The summed E-state index contributed by atoms with van der Waals surface area (Å²) in [4.78, 5) is 55.4. The van der Waals surface area contributed by atoms with Crippen LogP contribution in [0.25, 0.3) is 43.1 Å². The SMILES string of the molecule is O=C1CC(=O)NCCN(CC(=O)Nc2ccc3cc4ccccc4cc3c2)CCCN(CC(=O)Nc2ccc3cc4ccccc4cc3c2)CCN1. The number of nitrogens with zero attached hydrogens (tertiary/aromatic N) is 2. The fourth-order valence-electron chi connectivity index (χ4n) is 6.88. The van der Waals surface area contributed by atoms with E-state index >= 15 is 0 Å². The average molecular weight is 695 g/mol. The number of carbonyl (C=O) groups is 4. The average Bonchev–Trinajstić information content (AvgIpc) is 3.12. The molecule has 6 aromatic rings.